The van der Waals surface area contributed by atoms with Crippen LogP contribution in [0.3, 0.4) is 0 Å². The third-order valence-corrected chi connectivity index (χ3v) is 4.49. The summed E-state index contributed by atoms with van der Waals surface area (Å²) in [6, 6.07) is 8.93. The van der Waals surface area contributed by atoms with Gasteiger partial charge in [-0.3, -0.25) is 0 Å². The molecule has 1 saturated heterocycles. The van der Waals surface area contributed by atoms with Crippen LogP contribution in [0.5, 0.6) is 0 Å². The molecule has 2 aliphatic rings. The van der Waals surface area contributed by atoms with Crippen LogP contribution in [0.4, 0.5) is 0 Å². The number of hydrogen-bond acceptors (Lipinski definition) is 2. The van der Waals surface area contributed by atoms with E-state index in [2.05, 4.69) is 24.3 Å². The highest BCUT2D eigenvalue weighted by Crippen LogP contribution is 2.37. The Hall–Kier alpha value is -0.860. The van der Waals surface area contributed by atoms with E-state index < -0.39 is 0 Å². The first-order valence-electron chi connectivity index (χ1n) is 7.31. The average Bonchev–Trinajstić information content (AvgIpc) is 2.37. The van der Waals surface area contributed by atoms with Gasteiger partial charge in [0.15, 0.2) is 0 Å². The number of hydrogen-bond donors (Lipinski definition) is 1. The number of nitrogens with two attached hydrogens (primary N) is 1. The Morgan fingerprint density at radius 1 is 1.11 bits per heavy atom. The zero-order valence-corrected chi connectivity index (χ0v) is 11.0. The van der Waals surface area contributed by atoms with E-state index >= 15 is 0 Å². The number of ether oxygens (including phenoxy) is 1. The Balaban J connectivity index is 1.73. The summed E-state index contributed by atoms with van der Waals surface area (Å²) in [6.07, 6.45) is 7.83. The maximum absolute atomic E-state index is 6.37. The molecule has 3 rings (SSSR count). The van der Waals surface area contributed by atoms with Crippen molar-refractivity contribution >= 4 is 0 Å². The van der Waals surface area contributed by atoms with Crippen molar-refractivity contribution in [3.05, 3.63) is 35.4 Å². The quantitative estimate of drug-likeness (QED) is 0.884. The fourth-order valence-corrected chi connectivity index (χ4v) is 3.03. The van der Waals surface area contributed by atoms with Gasteiger partial charge in [0.1, 0.15) is 0 Å². The summed E-state index contributed by atoms with van der Waals surface area (Å²) in [6.45, 7) is 0.876. The Morgan fingerprint density at radius 2 is 2.00 bits per heavy atom. The Bertz CT molecular complexity index is 394. The summed E-state index contributed by atoms with van der Waals surface area (Å²) in [5.74, 6) is 0.782. The first-order chi connectivity index (χ1) is 8.84. The Morgan fingerprint density at radius 3 is 2.67 bits per heavy atom. The predicted molar refractivity (Wildman–Crippen MR) is 73.6 cm³/mol. The molecule has 2 nitrogen and oxygen atoms in total. The minimum Gasteiger partial charge on any atom is -0.376 e. The van der Waals surface area contributed by atoms with Crippen molar-refractivity contribution in [3.8, 4) is 0 Å². The summed E-state index contributed by atoms with van der Waals surface area (Å²) < 4.78 is 5.81. The molecule has 2 atom stereocenters. The highest BCUT2D eigenvalue weighted by molar-refractivity contribution is 5.30. The molecule has 2 N–H and O–H groups in total. The molecule has 1 heterocycles. The van der Waals surface area contributed by atoms with Crippen molar-refractivity contribution in [3.63, 3.8) is 0 Å². The number of rotatable bonds is 3. The van der Waals surface area contributed by atoms with Crippen LogP contribution in [0.2, 0.25) is 0 Å². The van der Waals surface area contributed by atoms with Gasteiger partial charge in [-0.2, -0.15) is 0 Å². The third kappa shape index (κ3) is 2.45. The first-order valence-corrected chi connectivity index (χ1v) is 7.31. The van der Waals surface area contributed by atoms with Crippen LogP contribution in [-0.4, -0.2) is 12.7 Å². The van der Waals surface area contributed by atoms with Crippen LogP contribution in [0.25, 0.3) is 0 Å². The molecule has 1 aliphatic heterocycles. The minimum atomic E-state index is 0.0466. The van der Waals surface area contributed by atoms with Gasteiger partial charge in [0, 0.05) is 6.61 Å². The summed E-state index contributed by atoms with van der Waals surface area (Å²) in [7, 11) is 0. The fraction of sp³-hybridized carbons (Fsp3) is 0.625. The van der Waals surface area contributed by atoms with Crippen molar-refractivity contribution in [1.82, 2.24) is 0 Å². The lowest BCUT2D eigenvalue weighted by atomic mass is 9.79. The van der Waals surface area contributed by atoms with Crippen molar-refractivity contribution in [1.29, 1.82) is 0 Å². The summed E-state index contributed by atoms with van der Waals surface area (Å²) in [5.41, 5.74) is 9.11. The maximum atomic E-state index is 6.37. The maximum Gasteiger partial charge on any atom is 0.0767 e. The van der Waals surface area contributed by atoms with Gasteiger partial charge in [-0.15, -0.1) is 0 Å². The van der Waals surface area contributed by atoms with E-state index in [0.29, 0.717) is 0 Å². The molecule has 18 heavy (non-hydrogen) atoms. The molecule has 2 fully saturated rings. The molecule has 98 valence electrons. The highest BCUT2D eigenvalue weighted by Gasteiger charge is 2.24. The van der Waals surface area contributed by atoms with E-state index in [0.717, 1.165) is 18.9 Å². The molecule has 2 unspecified atom stereocenters. The Labute approximate surface area is 110 Å². The molecule has 1 aromatic rings. The highest BCUT2D eigenvalue weighted by atomic mass is 16.5. The average molecular weight is 245 g/mol. The SMILES string of the molecule is NC(c1cccc(C2CCC2)c1)C1CCCCO1. The molecule has 2 heteroatoms. The van der Waals surface area contributed by atoms with E-state index in [-0.39, 0.29) is 12.1 Å². The fourth-order valence-electron chi connectivity index (χ4n) is 3.03. The van der Waals surface area contributed by atoms with E-state index in [1.165, 1.54) is 43.2 Å². The summed E-state index contributed by atoms with van der Waals surface area (Å²) in [5, 5.41) is 0. The predicted octanol–water partition coefficient (Wildman–Crippen LogP) is 3.52. The zero-order valence-electron chi connectivity index (χ0n) is 11.0. The zero-order chi connectivity index (χ0) is 12.4. The standard InChI is InChI=1S/C16H23NO/c17-16(15-9-1-2-10-18-15)14-8-4-7-13(11-14)12-5-3-6-12/h4,7-8,11-12,15-16H,1-3,5-6,9-10,17H2. The third-order valence-electron chi connectivity index (χ3n) is 4.49. The molecule has 0 aromatic heterocycles. The molecule has 1 saturated carbocycles. The van der Waals surface area contributed by atoms with Gasteiger partial charge >= 0.3 is 0 Å². The Kier molecular flexibility index (Phi) is 3.67. The van der Waals surface area contributed by atoms with Crippen molar-refractivity contribution in [2.24, 2.45) is 5.73 Å². The monoisotopic (exact) mass is 245 g/mol. The van der Waals surface area contributed by atoms with Crippen LogP contribution in [-0.2, 0) is 4.74 Å². The first kappa shape index (κ1) is 12.2. The lowest BCUT2D eigenvalue weighted by Gasteiger charge is -2.30. The lowest BCUT2D eigenvalue weighted by Crippen LogP contribution is -2.32. The van der Waals surface area contributed by atoms with E-state index in [1.54, 1.807) is 0 Å². The summed E-state index contributed by atoms with van der Waals surface area (Å²) in [4.78, 5) is 0. The molecule has 0 bridgehead atoms. The van der Waals surface area contributed by atoms with Gasteiger partial charge in [-0.1, -0.05) is 30.7 Å². The van der Waals surface area contributed by atoms with Crippen LogP contribution >= 0.6 is 0 Å². The molecule has 0 spiro atoms. The second-order valence-electron chi connectivity index (χ2n) is 5.73. The lowest BCUT2D eigenvalue weighted by molar-refractivity contribution is -0.00000659. The van der Waals surface area contributed by atoms with Crippen molar-refractivity contribution in [2.75, 3.05) is 6.61 Å². The molecule has 1 aliphatic carbocycles. The molecule has 0 radical (unpaired) electrons. The minimum absolute atomic E-state index is 0.0466. The summed E-state index contributed by atoms with van der Waals surface area (Å²) >= 11 is 0. The van der Waals surface area contributed by atoms with Crippen molar-refractivity contribution in [2.45, 2.75) is 56.6 Å². The van der Waals surface area contributed by atoms with Crippen LogP contribution in [0, 0.1) is 0 Å². The van der Waals surface area contributed by atoms with Gasteiger partial charge in [0.25, 0.3) is 0 Å². The molecular formula is C16H23NO. The van der Waals surface area contributed by atoms with Gasteiger partial charge in [-0.25, -0.2) is 0 Å². The normalized spacial score (nSPS) is 26.6. The molecule has 1 aromatic carbocycles. The van der Waals surface area contributed by atoms with Gasteiger partial charge < -0.3 is 10.5 Å². The van der Waals surface area contributed by atoms with Gasteiger partial charge in [0.2, 0.25) is 0 Å². The second kappa shape index (κ2) is 5.41. The van der Waals surface area contributed by atoms with Crippen molar-refractivity contribution < 1.29 is 4.74 Å². The smallest absolute Gasteiger partial charge is 0.0767 e. The van der Waals surface area contributed by atoms with Gasteiger partial charge in [-0.05, 0) is 49.1 Å². The van der Waals surface area contributed by atoms with E-state index in [9.17, 15) is 0 Å². The van der Waals surface area contributed by atoms with E-state index in [1.807, 2.05) is 0 Å². The largest absolute Gasteiger partial charge is 0.376 e. The van der Waals surface area contributed by atoms with E-state index in [4.69, 9.17) is 10.5 Å². The van der Waals surface area contributed by atoms with Crippen LogP contribution < -0.4 is 5.73 Å². The number of benzene rings is 1. The van der Waals surface area contributed by atoms with Crippen LogP contribution in [0.15, 0.2) is 24.3 Å². The van der Waals surface area contributed by atoms with Crippen LogP contribution in [0.1, 0.15) is 61.6 Å². The second-order valence-corrected chi connectivity index (χ2v) is 5.73. The molecule has 0 amide bonds. The topological polar surface area (TPSA) is 35.2 Å². The molecular weight excluding hydrogens is 222 g/mol. The van der Waals surface area contributed by atoms with Gasteiger partial charge in [0.05, 0.1) is 12.1 Å².